The van der Waals surface area contributed by atoms with Crippen molar-refractivity contribution in [3.05, 3.63) is 72.3 Å². The second kappa shape index (κ2) is 12.3. The summed E-state index contributed by atoms with van der Waals surface area (Å²) in [5.41, 5.74) is 5.51. The molecule has 2 atom stereocenters. The van der Waals surface area contributed by atoms with E-state index in [4.69, 9.17) is 10.5 Å². The number of phenols is 1. The number of nitrogens with two attached hydrogens (primary N) is 1. The molecular weight excluding hydrogens is 524 g/mol. The highest BCUT2D eigenvalue weighted by atomic mass is 16.6. The number of amides is 4. The average molecular weight is 561 g/mol. The molecule has 10 nitrogen and oxygen atoms in total. The van der Waals surface area contributed by atoms with Crippen LogP contribution < -0.4 is 16.4 Å². The van der Waals surface area contributed by atoms with Gasteiger partial charge in [0.25, 0.3) is 5.91 Å². The minimum absolute atomic E-state index is 0.0763. The van der Waals surface area contributed by atoms with Crippen LogP contribution in [0.5, 0.6) is 5.75 Å². The van der Waals surface area contributed by atoms with Crippen molar-refractivity contribution >= 4 is 40.3 Å². The first-order chi connectivity index (χ1) is 19.4. The smallest absolute Gasteiger partial charge is 0.408 e. The summed E-state index contributed by atoms with van der Waals surface area (Å²) in [6.45, 7) is 5.02. The normalized spacial score (nSPS) is 14.8. The number of phenolic OH excluding ortho intramolecular Hbond substituents is 1. The largest absolute Gasteiger partial charge is 0.508 e. The number of alkyl carbamates (subject to hydrolysis) is 1. The molecule has 41 heavy (non-hydrogen) atoms. The zero-order valence-corrected chi connectivity index (χ0v) is 23.4. The summed E-state index contributed by atoms with van der Waals surface area (Å²) in [5.74, 6) is -2.04. The Hall–Kier alpha value is -4.60. The molecule has 0 saturated heterocycles. The number of nitrogens with zero attached hydrogens (tertiary/aromatic N) is 1. The van der Waals surface area contributed by atoms with Gasteiger partial charge in [0.2, 0.25) is 11.8 Å². The minimum Gasteiger partial charge on any atom is -0.508 e. The molecule has 4 rings (SSSR count). The standard InChI is InChI=1S/C31H36N4O6/c1-31(2,3)41-30(40)34-25(18-26(32)37)29(39)35(23-11-7-12-23)27(21-10-6-13-24(36)17-21)28(38)33-22-15-14-19-8-4-5-9-20(19)16-22/h4-6,8-10,13-17,23,25,27,36H,7,11-12,18H2,1-3H3,(H2,32,37)(H,33,38)(H,34,40). The van der Waals surface area contributed by atoms with Crippen molar-refractivity contribution in [2.45, 2.75) is 70.2 Å². The number of primary amides is 1. The lowest BCUT2D eigenvalue weighted by Crippen LogP contribution is -2.57. The SMILES string of the molecule is CC(C)(C)OC(=O)NC(CC(N)=O)C(=O)N(C1CCC1)C(C(=O)Nc1ccc2ccccc2c1)c1cccc(O)c1. The van der Waals surface area contributed by atoms with Crippen molar-refractivity contribution in [1.82, 2.24) is 10.2 Å². The van der Waals surface area contributed by atoms with Gasteiger partial charge >= 0.3 is 6.09 Å². The van der Waals surface area contributed by atoms with Gasteiger partial charge in [-0.2, -0.15) is 0 Å². The van der Waals surface area contributed by atoms with E-state index in [0.717, 1.165) is 17.2 Å². The van der Waals surface area contributed by atoms with Gasteiger partial charge in [0.05, 0.1) is 6.42 Å². The van der Waals surface area contributed by atoms with Crippen LogP contribution in [0.3, 0.4) is 0 Å². The molecule has 216 valence electrons. The topological polar surface area (TPSA) is 151 Å². The van der Waals surface area contributed by atoms with Gasteiger partial charge in [-0.1, -0.05) is 42.5 Å². The molecule has 0 aliphatic heterocycles. The van der Waals surface area contributed by atoms with Crippen molar-refractivity contribution in [3.63, 3.8) is 0 Å². The Kier molecular flexibility index (Phi) is 8.80. The second-order valence-corrected chi connectivity index (χ2v) is 11.2. The number of fused-ring (bicyclic) bond motifs is 1. The van der Waals surface area contributed by atoms with Crippen LogP contribution in [0.2, 0.25) is 0 Å². The average Bonchev–Trinajstić information content (AvgIpc) is 2.85. The van der Waals surface area contributed by atoms with Gasteiger partial charge in [0.1, 0.15) is 23.4 Å². The van der Waals surface area contributed by atoms with E-state index >= 15 is 0 Å². The molecule has 1 fully saturated rings. The van der Waals surface area contributed by atoms with Crippen LogP contribution in [-0.2, 0) is 19.1 Å². The summed E-state index contributed by atoms with van der Waals surface area (Å²) in [6.07, 6.45) is 0.716. The van der Waals surface area contributed by atoms with Gasteiger partial charge in [-0.3, -0.25) is 14.4 Å². The van der Waals surface area contributed by atoms with Gasteiger partial charge in [0.15, 0.2) is 0 Å². The first-order valence-corrected chi connectivity index (χ1v) is 13.6. The molecule has 0 heterocycles. The molecule has 0 radical (unpaired) electrons. The highest BCUT2D eigenvalue weighted by Gasteiger charge is 2.42. The summed E-state index contributed by atoms with van der Waals surface area (Å²) < 4.78 is 5.32. The molecular formula is C31H36N4O6. The number of nitrogens with one attached hydrogen (secondary N) is 2. The number of ether oxygens (including phenoxy) is 1. The van der Waals surface area contributed by atoms with Gasteiger partial charge in [-0.15, -0.1) is 0 Å². The number of carbonyl (C=O) groups is 4. The maximum Gasteiger partial charge on any atom is 0.408 e. The quantitative estimate of drug-likeness (QED) is 0.305. The third-order valence-corrected chi connectivity index (χ3v) is 6.85. The Morgan fingerprint density at radius 1 is 1.00 bits per heavy atom. The van der Waals surface area contributed by atoms with E-state index in [1.54, 1.807) is 39.0 Å². The zero-order valence-electron chi connectivity index (χ0n) is 23.4. The predicted molar refractivity (Wildman–Crippen MR) is 155 cm³/mol. The summed E-state index contributed by atoms with van der Waals surface area (Å²) >= 11 is 0. The Labute approximate surface area is 238 Å². The van der Waals surface area contributed by atoms with Crippen LogP contribution in [0.4, 0.5) is 10.5 Å². The number of aromatic hydroxyl groups is 1. The third kappa shape index (κ3) is 7.53. The zero-order chi connectivity index (χ0) is 29.7. The predicted octanol–water partition coefficient (Wildman–Crippen LogP) is 4.38. The highest BCUT2D eigenvalue weighted by Crippen LogP contribution is 2.35. The summed E-state index contributed by atoms with van der Waals surface area (Å²) in [6, 6.07) is 16.5. The van der Waals surface area contributed by atoms with E-state index in [0.29, 0.717) is 24.1 Å². The number of anilines is 1. The van der Waals surface area contributed by atoms with E-state index in [1.807, 2.05) is 36.4 Å². The van der Waals surface area contributed by atoms with Crippen LogP contribution in [0.25, 0.3) is 10.8 Å². The van der Waals surface area contributed by atoms with Crippen molar-refractivity contribution in [2.75, 3.05) is 5.32 Å². The Morgan fingerprint density at radius 2 is 1.71 bits per heavy atom. The van der Waals surface area contributed by atoms with E-state index in [-0.39, 0.29) is 11.8 Å². The van der Waals surface area contributed by atoms with Crippen LogP contribution in [0.15, 0.2) is 66.7 Å². The van der Waals surface area contributed by atoms with Crippen molar-refractivity contribution < 1.29 is 29.0 Å². The molecule has 0 spiro atoms. The number of benzene rings is 3. The first-order valence-electron chi connectivity index (χ1n) is 13.6. The maximum absolute atomic E-state index is 14.2. The van der Waals surface area contributed by atoms with E-state index in [9.17, 15) is 24.3 Å². The minimum atomic E-state index is -1.36. The molecule has 3 aromatic rings. The molecule has 10 heteroatoms. The molecule has 2 unspecified atom stereocenters. The van der Waals surface area contributed by atoms with Gasteiger partial charge in [0, 0.05) is 11.7 Å². The molecule has 0 aromatic heterocycles. The third-order valence-electron chi connectivity index (χ3n) is 6.85. The highest BCUT2D eigenvalue weighted by molar-refractivity contribution is 6.01. The van der Waals surface area contributed by atoms with Gasteiger partial charge in [-0.05, 0) is 80.6 Å². The first kappa shape index (κ1) is 29.4. The van der Waals surface area contributed by atoms with Crippen LogP contribution in [-0.4, -0.2) is 51.5 Å². The molecule has 1 aliphatic carbocycles. The van der Waals surface area contributed by atoms with Crippen LogP contribution >= 0.6 is 0 Å². The fourth-order valence-corrected chi connectivity index (χ4v) is 4.82. The number of rotatable bonds is 9. The summed E-state index contributed by atoms with van der Waals surface area (Å²) in [7, 11) is 0. The number of carbonyl (C=O) groups excluding carboxylic acids is 4. The molecule has 0 bridgehead atoms. The van der Waals surface area contributed by atoms with Crippen molar-refractivity contribution in [3.8, 4) is 5.75 Å². The van der Waals surface area contributed by atoms with E-state index in [1.165, 1.54) is 17.0 Å². The van der Waals surface area contributed by atoms with Gasteiger partial charge in [-0.25, -0.2) is 4.79 Å². The molecule has 1 aliphatic rings. The van der Waals surface area contributed by atoms with Crippen molar-refractivity contribution in [2.24, 2.45) is 5.73 Å². The Balaban J connectivity index is 1.72. The maximum atomic E-state index is 14.2. The molecule has 1 saturated carbocycles. The summed E-state index contributed by atoms with van der Waals surface area (Å²) in [5, 5.41) is 17.6. The molecule has 4 amide bonds. The van der Waals surface area contributed by atoms with E-state index in [2.05, 4.69) is 10.6 Å². The molecule has 5 N–H and O–H groups in total. The molecule has 3 aromatic carbocycles. The number of hydrogen-bond acceptors (Lipinski definition) is 6. The van der Waals surface area contributed by atoms with Crippen LogP contribution in [0.1, 0.15) is 58.1 Å². The Bertz CT molecular complexity index is 1450. The van der Waals surface area contributed by atoms with E-state index < -0.39 is 47.9 Å². The lowest BCUT2D eigenvalue weighted by molar-refractivity contribution is -0.146. The lowest BCUT2D eigenvalue weighted by atomic mass is 9.87. The monoisotopic (exact) mass is 560 g/mol. The van der Waals surface area contributed by atoms with Gasteiger partial charge < -0.3 is 31.1 Å². The Morgan fingerprint density at radius 3 is 2.32 bits per heavy atom. The van der Waals surface area contributed by atoms with Crippen LogP contribution in [0, 0.1) is 0 Å². The lowest BCUT2D eigenvalue weighted by Gasteiger charge is -2.43. The van der Waals surface area contributed by atoms with Crippen molar-refractivity contribution in [1.29, 1.82) is 0 Å². The second-order valence-electron chi connectivity index (χ2n) is 11.2. The fraction of sp³-hybridized carbons (Fsp3) is 0.355. The summed E-state index contributed by atoms with van der Waals surface area (Å²) in [4.78, 5) is 54.2. The fourth-order valence-electron chi connectivity index (χ4n) is 4.82. The number of hydrogen-bond donors (Lipinski definition) is 4.